The van der Waals surface area contributed by atoms with Crippen molar-refractivity contribution in [1.29, 1.82) is 0 Å². The number of hydrogen-bond donors (Lipinski definition) is 1. The molecule has 0 saturated heterocycles. The highest BCUT2D eigenvalue weighted by atomic mass is 16.2. The predicted octanol–water partition coefficient (Wildman–Crippen LogP) is 6.05. The largest absolute Gasteiger partial charge is 0.335 e. The molecule has 8 nitrogen and oxygen atoms in total. The molecule has 1 aliphatic rings. The molecule has 0 bridgehead atoms. The van der Waals surface area contributed by atoms with Gasteiger partial charge in [0.05, 0.1) is 6.54 Å². The van der Waals surface area contributed by atoms with E-state index in [1.165, 1.54) is 23.8 Å². The van der Waals surface area contributed by atoms with E-state index >= 15 is 0 Å². The van der Waals surface area contributed by atoms with Crippen LogP contribution in [0.1, 0.15) is 80.5 Å². The molecule has 0 aliphatic heterocycles. The van der Waals surface area contributed by atoms with Crippen LogP contribution in [0.15, 0.2) is 53.3 Å². The number of nitrogens with one attached hydrogen (secondary N) is 1. The fourth-order valence-electron chi connectivity index (χ4n) is 5.82. The van der Waals surface area contributed by atoms with Gasteiger partial charge in [-0.15, -0.1) is 5.10 Å². The third-order valence-electron chi connectivity index (χ3n) is 8.03. The van der Waals surface area contributed by atoms with Gasteiger partial charge in [-0.3, -0.25) is 9.36 Å². The third kappa shape index (κ3) is 5.95. The molecule has 0 unspecified atom stereocenters. The SMILES string of the molecule is Cc1c(CCC(C)C)n(Cc2ccc(-c3ccccc3-c3nnn[nH]3)cc2)c(=O)n1C(=O)CC1CCCCC1. The van der Waals surface area contributed by atoms with Crippen molar-refractivity contribution in [2.75, 3.05) is 0 Å². The number of tetrazole rings is 1. The number of H-pyrrole nitrogens is 1. The van der Waals surface area contributed by atoms with E-state index in [2.05, 4.69) is 58.7 Å². The van der Waals surface area contributed by atoms with E-state index in [9.17, 15) is 9.59 Å². The number of carbonyl (C=O) groups excluding carboxylic acids is 1. The number of carbonyl (C=O) groups is 1. The lowest BCUT2D eigenvalue weighted by Crippen LogP contribution is -2.31. The Hall–Kier alpha value is -3.81. The van der Waals surface area contributed by atoms with Crippen LogP contribution < -0.4 is 5.69 Å². The molecular weight excluding hydrogens is 488 g/mol. The molecule has 2 aromatic heterocycles. The lowest BCUT2D eigenvalue weighted by molar-refractivity contribution is 0.0861. The zero-order valence-corrected chi connectivity index (χ0v) is 23.2. The van der Waals surface area contributed by atoms with E-state index in [0.29, 0.717) is 30.6 Å². The molecule has 204 valence electrons. The highest BCUT2D eigenvalue weighted by Gasteiger charge is 2.25. The van der Waals surface area contributed by atoms with Gasteiger partial charge < -0.3 is 0 Å². The molecule has 8 heteroatoms. The van der Waals surface area contributed by atoms with Gasteiger partial charge in [-0.25, -0.2) is 14.5 Å². The Balaban J connectivity index is 1.43. The van der Waals surface area contributed by atoms with E-state index in [1.54, 1.807) is 0 Å². The number of imidazole rings is 1. The van der Waals surface area contributed by atoms with Crippen LogP contribution in [0.25, 0.3) is 22.5 Å². The fourth-order valence-corrected chi connectivity index (χ4v) is 5.82. The number of nitrogens with zero attached hydrogens (tertiary/aromatic N) is 5. The Morgan fingerprint density at radius 2 is 1.74 bits per heavy atom. The molecule has 1 aliphatic carbocycles. The Morgan fingerprint density at radius 3 is 2.41 bits per heavy atom. The van der Waals surface area contributed by atoms with E-state index in [-0.39, 0.29) is 11.6 Å². The zero-order chi connectivity index (χ0) is 27.4. The van der Waals surface area contributed by atoms with Gasteiger partial charge in [0.15, 0.2) is 5.82 Å². The van der Waals surface area contributed by atoms with Crippen molar-refractivity contribution in [3.63, 3.8) is 0 Å². The third-order valence-corrected chi connectivity index (χ3v) is 8.03. The van der Waals surface area contributed by atoms with Crippen LogP contribution in [-0.4, -0.2) is 35.7 Å². The van der Waals surface area contributed by atoms with Crippen LogP contribution in [0.3, 0.4) is 0 Å². The Labute approximate surface area is 229 Å². The normalized spacial score (nSPS) is 14.3. The molecule has 2 aromatic carbocycles. The van der Waals surface area contributed by atoms with Gasteiger partial charge in [-0.1, -0.05) is 81.6 Å². The summed E-state index contributed by atoms with van der Waals surface area (Å²) in [5, 5.41) is 14.3. The summed E-state index contributed by atoms with van der Waals surface area (Å²) in [5.74, 6) is 1.46. The molecule has 0 amide bonds. The maximum Gasteiger partial charge on any atom is 0.335 e. The smallest absolute Gasteiger partial charge is 0.291 e. The summed E-state index contributed by atoms with van der Waals surface area (Å²) in [4.78, 5) is 27.1. The first-order valence-electron chi connectivity index (χ1n) is 14.2. The second-order valence-corrected chi connectivity index (χ2v) is 11.3. The minimum absolute atomic E-state index is 0.0530. The van der Waals surface area contributed by atoms with Crippen LogP contribution in [0.2, 0.25) is 0 Å². The Morgan fingerprint density at radius 1 is 1.03 bits per heavy atom. The molecule has 2 heterocycles. The number of aromatic nitrogens is 6. The van der Waals surface area contributed by atoms with Crippen LogP contribution in [0, 0.1) is 18.8 Å². The maximum atomic E-state index is 13.7. The molecule has 0 radical (unpaired) electrons. The van der Waals surface area contributed by atoms with E-state index in [0.717, 1.165) is 59.3 Å². The quantitative estimate of drug-likeness (QED) is 0.286. The lowest BCUT2D eigenvalue weighted by Gasteiger charge is -2.20. The van der Waals surface area contributed by atoms with Crippen molar-refractivity contribution in [3.8, 4) is 22.5 Å². The van der Waals surface area contributed by atoms with E-state index in [1.807, 2.05) is 35.8 Å². The van der Waals surface area contributed by atoms with Gasteiger partial charge in [0.25, 0.3) is 0 Å². The standard InChI is InChI=1S/C31H38N6O2/c1-21(2)13-18-28-22(3)37(29(38)19-23-9-5-4-6-10-23)31(39)36(28)20-24-14-16-25(17-15-24)26-11-7-8-12-27(26)30-32-34-35-33-30/h7-8,11-12,14-17,21,23H,4-6,9-10,13,18-20H2,1-3H3,(H,32,33,34,35). The minimum atomic E-state index is -0.209. The number of hydrogen-bond acceptors (Lipinski definition) is 5. The average molecular weight is 527 g/mol. The summed E-state index contributed by atoms with van der Waals surface area (Å²) >= 11 is 0. The average Bonchev–Trinajstić information content (AvgIpc) is 3.55. The molecule has 0 spiro atoms. The second-order valence-electron chi connectivity index (χ2n) is 11.3. The molecular formula is C31H38N6O2. The summed E-state index contributed by atoms with van der Waals surface area (Å²) in [6, 6.07) is 16.2. The first kappa shape index (κ1) is 26.8. The molecule has 0 atom stereocenters. The monoisotopic (exact) mass is 526 g/mol. The first-order valence-corrected chi connectivity index (χ1v) is 14.2. The van der Waals surface area contributed by atoms with Crippen LogP contribution in [0.5, 0.6) is 0 Å². The van der Waals surface area contributed by atoms with Gasteiger partial charge in [-0.2, -0.15) is 0 Å². The molecule has 1 fully saturated rings. The van der Waals surface area contributed by atoms with Crippen molar-refractivity contribution < 1.29 is 4.79 Å². The van der Waals surface area contributed by atoms with Crippen molar-refractivity contribution in [2.45, 2.75) is 78.7 Å². The van der Waals surface area contributed by atoms with Gasteiger partial charge in [-0.05, 0) is 71.6 Å². The molecule has 4 aromatic rings. The van der Waals surface area contributed by atoms with E-state index < -0.39 is 0 Å². The molecule has 39 heavy (non-hydrogen) atoms. The van der Waals surface area contributed by atoms with Gasteiger partial charge in [0.2, 0.25) is 5.91 Å². The molecule has 5 rings (SSSR count). The van der Waals surface area contributed by atoms with Crippen molar-refractivity contribution in [1.82, 2.24) is 29.8 Å². The lowest BCUT2D eigenvalue weighted by atomic mass is 9.87. The van der Waals surface area contributed by atoms with Gasteiger partial charge in [0, 0.05) is 23.4 Å². The summed E-state index contributed by atoms with van der Waals surface area (Å²) in [6.07, 6.45) is 7.99. The topological polar surface area (TPSA) is 98.5 Å². The van der Waals surface area contributed by atoms with Crippen LogP contribution in [-0.2, 0) is 13.0 Å². The first-order chi connectivity index (χ1) is 18.9. The highest BCUT2D eigenvalue weighted by molar-refractivity contribution is 5.81. The summed E-state index contributed by atoms with van der Waals surface area (Å²) in [6.45, 7) is 6.75. The second kappa shape index (κ2) is 11.9. The van der Waals surface area contributed by atoms with Crippen molar-refractivity contribution in [3.05, 3.63) is 76.0 Å². The minimum Gasteiger partial charge on any atom is -0.291 e. The Kier molecular flexibility index (Phi) is 8.19. The summed E-state index contributed by atoms with van der Waals surface area (Å²) in [7, 11) is 0. The predicted molar refractivity (Wildman–Crippen MR) is 153 cm³/mol. The highest BCUT2D eigenvalue weighted by Crippen LogP contribution is 2.30. The molecule has 1 N–H and O–H groups in total. The fraction of sp³-hybridized carbons (Fsp3) is 0.452. The zero-order valence-electron chi connectivity index (χ0n) is 23.2. The number of aromatic amines is 1. The maximum absolute atomic E-state index is 13.7. The Bertz CT molecular complexity index is 1460. The van der Waals surface area contributed by atoms with E-state index in [4.69, 9.17) is 0 Å². The molecule has 1 saturated carbocycles. The van der Waals surface area contributed by atoms with Crippen molar-refractivity contribution in [2.24, 2.45) is 11.8 Å². The van der Waals surface area contributed by atoms with Gasteiger partial charge in [0.1, 0.15) is 0 Å². The summed E-state index contributed by atoms with van der Waals surface area (Å²) < 4.78 is 3.28. The van der Waals surface area contributed by atoms with Crippen molar-refractivity contribution >= 4 is 5.91 Å². The summed E-state index contributed by atoms with van der Waals surface area (Å²) in [5.41, 5.74) is 5.56. The van der Waals surface area contributed by atoms with Crippen LogP contribution >= 0.6 is 0 Å². The number of benzene rings is 2. The number of rotatable bonds is 9. The van der Waals surface area contributed by atoms with Crippen LogP contribution in [0.4, 0.5) is 0 Å². The van der Waals surface area contributed by atoms with Gasteiger partial charge >= 0.3 is 5.69 Å².